The van der Waals surface area contributed by atoms with Crippen molar-refractivity contribution in [2.75, 3.05) is 13.7 Å². The van der Waals surface area contributed by atoms with E-state index in [9.17, 15) is 9.59 Å². The molecule has 2 heterocycles. The molecule has 0 N–H and O–H groups in total. The van der Waals surface area contributed by atoms with Gasteiger partial charge in [-0.05, 0) is 43.2 Å². The second-order valence-corrected chi connectivity index (χ2v) is 7.27. The molecule has 1 amide bonds. The van der Waals surface area contributed by atoms with Crippen molar-refractivity contribution in [3.8, 4) is 5.75 Å². The summed E-state index contributed by atoms with van der Waals surface area (Å²) in [6, 6.07) is 12.5. The predicted octanol–water partition coefficient (Wildman–Crippen LogP) is 4.46. The van der Waals surface area contributed by atoms with Gasteiger partial charge in [-0.15, -0.1) is 0 Å². The molecule has 144 valence electrons. The van der Waals surface area contributed by atoms with E-state index in [1.165, 1.54) is 0 Å². The molecule has 1 aromatic heterocycles. The Labute approximate surface area is 163 Å². The lowest BCUT2D eigenvalue weighted by Crippen LogP contribution is -2.25. The number of carbonyl (C=O) groups excluding carboxylic acids is 1. The third-order valence-corrected chi connectivity index (χ3v) is 5.20. The number of fused-ring (bicyclic) bond motifs is 2. The van der Waals surface area contributed by atoms with Gasteiger partial charge in [-0.3, -0.25) is 9.59 Å². The van der Waals surface area contributed by atoms with Crippen LogP contribution < -0.4 is 10.2 Å². The predicted molar refractivity (Wildman–Crippen MR) is 108 cm³/mol. The molecule has 28 heavy (non-hydrogen) atoms. The van der Waals surface area contributed by atoms with Crippen LogP contribution >= 0.6 is 0 Å². The van der Waals surface area contributed by atoms with Gasteiger partial charge in [0.2, 0.25) is 5.76 Å². The van der Waals surface area contributed by atoms with Gasteiger partial charge in [0.25, 0.3) is 5.91 Å². The zero-order valence-electron chi connectivity index (χ0n) is 16.3. The standard InChI is InChI=1S/C23H23NO4/c1-4-5-11-27-16-8-6-7-15(13-16)20-19-21(25)17-12-14(2)9-10-18(17)28-22(19)23(26)24(20)3/h6-10,12-13,20H,4-5,11H2,1-3H3. The third-order valence-electron chi connectivity index (χ3n) is 5.20. The molecule has 0 spiro atoms. The summed E-state index contributed by atoms with van der Waals surface area (Å²) in [5.41, 5.74) is 2.49. The second kappa shape index (κ2) is 7.15. The molecule has 5 heteroatoms. The van der Waals surface area contributed by atoms with E-state index in [1.807, 2.05) is 43.3 Å². The van der Waals surface area contributed by atoms with Crippen LogP contribution in [0.3, 0.4) is 0 Å². The minimum absolute atomic E-state index is 0.131. The van der Waals surface area contributed by atoms with E-state index in [-0.39, 0.29) is 17.1 Å². The monoisotopic (exact) mass is 377 g/mol. The number of hydrogen-bond donors (Lipinski definition) is 0. The van der Waals surface area contributed by atoms with Gasteiger partial charge in [0.1, 0.15) is 11.3 Å². The Kier molecular flexibility index (Phi) is 4.67. The van der Waals surface area contributed by atoms with Crippen LogP contribution in [0.15, 0.2) is 51.7 Å². The van der Waals surface area contributed by atoms with Gasteiger partial charge in [-0.1, -0.05) is 37.1 Å². The number of aryl methyl sites for hydroxylation is 1. The van der Waals surface area contributed by atoms with Crippen molar-refractivity contribution in [1.82, 2.24) is 4.90 Å². The second-order valence-electron chi connectivity index (χ2n) is 7.27. The smallest absolute Gasteiger partial charge is 0.290 e. The fourth-order valence-electron chi connectivity index (χ4n) is 3.70. The van der Waals surface area contributed by atoms with E-state index in [2.05, 4.69) is 6.92 Å². The quantitative estimate of drug-likeness (QED) is 0.616. The first-order chi connectivity index (χ1) is 13.5. The highest BCUT2D eigenvalue weighted by molar-refractivity contribution is 5.98. The van der Waals surface area contributed by atoms with Crippen LogP contribution in [-0.2, 0) is 0 Å². The lowest BCUT2D eigenvalue weighted by atomic mass is 9.98. The van der Waals surface area contributed by atoms with Crippen molar-refractivity contribution in [3.05, 3.63) is 75.1 Å². The van der Waals surface area contributed by atoms with Crippen molar-refractivity contribution in [2.24, 2.45) is 0 Å². The fraction of sp³-hybridized carbons (Fsp3) is 0.304. The lowest BCUT2D eigenvalue weighted by Gasteiger charge is -2.21. The number of nitrogens with zero attached hydrogens (tertiary/aromatic N) is 1. The molecule has 0 aliphatic carbocycles. The van der Waals surface area contributed by atoms with E-state index in [4.69, 9.17) is 9.15 Å². The topological polar surface area (TPSA) is 59.8 Å². The molecule has 3 aromatic rings. The molecule has 0 radical (unpaired) electrons. The summed E-state index contributed by atoms with van der Waals surface area (Å²) in [6.07, 6.45) is 2.03. The Morgan fingerprint density at radius 3 is 2.75 bits per heavy atom. The molecule has 1 unspecified atom stereocenters. The Hall–Kier alpha value is -3.08. The van der Waals surface area contributed by atoms with Crippen molar-refractivity contribution in [3.63, 3.8) is 0 Å². The molecule has 0 saturated heterocycles. The normalized spacial score (nSPS) is 15.9. The summed E-state index contributed by atoms with van der Waals surface area (Å²) in [7, 11) is 1.70. The summed E-state index contributed by atoms with van der Waals surface area (Å²) in [5, 5.41) is 0.502. The highest BCUT2D eigenvalue weighted by atomic mass is 16.5. The molecular weight excluding hydrogens is 354 g/mol. The Morgan fingerprint density at radius 1 is 1.14 bits per heavy atom. The van der Waals surface area contributed by atoms with Crippen molar-refractivity contribution < 1.29 is 13.9 Å². The number of hydrogen-bond acceptors (Lipinski definition) is 4. The number of ether oxygens (including phenoxy) is 1. The van der Waals surface area contributed by atoms with Crippen molar-refractivity contribution in [1.29, 1.82) is 0 Å². The van der Waals surface area contributed by atoms with E-state index < -0.39 is 6.04 Å². The first kappa shape index (κ1) is 18.3. The van der Waals surface area contributed by atoms with Gasteiger partial charge in [-0.2, -0.15) is 0 Å². The van der Waals surface area contributed by atoms with Crippen LogP contribution in [0, 0.1) is 6.92 Å². The Balaban J connectivity index is 1.84. The third kappa shape index (κ3) is 2.97. The van der Waals surface area contributed by atoms with Crippen LogP contribution in [0.5, 0.6) is 5.75 Å². The zero-order chi connectivity index (χ0) is 19.8. The maximum absolute atomic E-state index is 13.3. The SMILES string of the molecule is CCCCOc1cccc(C2c3c(oc4ccc(C)cc4c3=O)C(=O)N2C)c1. The molecule has 5 nitrogen and oxygen atoms in total. The summed E-state index contributed by atoms with van der Waals surface area (Å²) in [6.45, 7) is 4.68. The van der Waals surface area contributed by atoms with E-state index >= 15 is 0 Å². The first-order valence-electron chi connectivity index (χ1n) is 9.58. The summed E-state index contributed by atoms with van der Waals surface area (Å²) in [4.78, 5) is 27.6. The van der Waals surface area contributed by atoms with Crippen molar-refractivity contribution >= 4 is 16.9 Å². The fourth-order valence-corrected chi connectivity index (χ4v) is 3.70. The minimum Gasteiger partial charge on any atom is -0.494 e. The summed E-state index contributed by atoms with van der Waals surface area (Å²) < 4.78 is 11.7. The zero-order valence-corrected chi connectivity index (χ0v) is 16.3. The number of carbonyl (C=O) groups is 1. The number of benzene rings is 2. The average molecular weight is 377 g/mol. The minimum atomic E-state index is -0.488. The average Bonchev–Trinajstić information content (AvgIpc) is 2.94. The summed E-state index contributed by atoms with van der Waals surface area (Å²) in [5.74, 6) is 0.587. The maximum Gasteiger partial charge on any atom is 0.290 e. The highest BCUT2D eigenvalue weighted by Gasteiger charge is 2.40. The molecule has 1 atom stereocenters. The molecule has 1 aliphatic heterocycles. The molecule has 0 fully saturated rings. The van der Waals surface area contributed by atoms with Crippen LogP contribution in [0.4, 0.5) is 0 Å². The maximum atomic E-state index is 13.3. The molecule has 2 aromatic carbocycles. The molecule has 1 aliphatic rings. The summed E-state index contributed by atoms with van der Waals surface area (Å²) >= 11 is 0. The Morgan fingerprint density at radius 2 is 1.96 bits per heavy atom. The van der Waals surface area contributed by atoms with Gasteiger partial charge >= 0.3 is 0 Å². The molecular formula is C23H23NO4. The molecule has 0 saturated carbocycles. The van der Waals surface area contributed by atoms with Crippen LogP contribution in [0.1, 0.15) is 53.1 Å². The van der Waals surface area contributed by atoms with Crippen LogP contribution in [-0.4, -0.2) is 24.5 Å². The lowest BCUT2D eigenvalue weighted by molar-refractivity contribution is 0.0771. The number of amides is 1. The van der Waals surface area contributed by atoms with Crippen LogP contribution in [0.25, 0.3) is 11.0 Å². The molecule has 4 rings (SSSR count). The highest BCUT2D eigenvalue weighted by Crippen LogP contribution is 2.37. The van der Waals surface area contributed by atoms with Crippen molar-refractivity contribution in [2.45, 2.75) is 32.7 Å². The number of unbranched alkanes of at least 4 members (excludes halogenated alkanes) is 1. The van der Waals surface area contributed by atoms with E-state index in [0.29, 0.717) is 23.1 Å². The van der Waals surface area contributed by atoms with Gasteiger partial charge in [0.05, 0.1) is 23.6 Å². The van der Waals surface area contributed by atoms with Crippen LogP contribution in [0.2, 0.25) is 0 Å². The van der Waals surface area contributed by atoms with Gasteiger partial charge in [-0.25, -0.2) is 0 Å². The first-order valence-corrected chi connectivity index (χ1v) is 9.58. The van der Waals surface area contributed by atoms with Gasteiger partial charge in [0.15, 0.2) is 5.43 Å². The van der Waals surface area contributed by atoms with Gasteiger partial charge in [0, 0.05) is 7.05 Å². The Bertz CT molecular complexity index is 1120. The van der Waals surface area contributed by atoms with E-state index in [0.717, 1.165) is 29.7 Å². The van der Waals surface area contributed by atoms with E-state index in [1.54, 1.807) is 18.0 Å². The number of rotatable bonds is 5. The largest absolute Gasteiger partial charge is 0.494 e. The molecule has 0 bridgehead atoms. The van der Waals surface area contributed by atoms with Gasteiger partial charge < -0.3 is 14.1 Å².